The van der Waals surface area contributed by atoms with E-state index in [4.69, 9.17) is 27.9 Å². The summed E-state index contributed by atoms with van der Waals surface area (Å²) in [6, 6.07) is 8.21. The molecule has 1 aliphatic carbocycles. The van der Waals surface area contributed by atoms with Gasteiger partial charge in [0.05, 0.1) is 22.3 Å². The molecule has 59 heavy (non-hydrogen) atoms. The van der Waals surface area contributed by atoms with Gasteiger partial charge in [0, 0.05) is 73.9 Å². The molecule has 3 aliphatic heterocycles. The van der Waals surface area contributed by atoms with Gasteiger partial charge in [-0.15, -0.1) is 0 Å². The molecule has 0 radical (unpaired) electrons. The second-order valence-electron chi connectivity index (χ2n) is 14.8. The van der Waals surface area contributed by atoms with E-state index >= 15 is 0 Å². The largest absolute Gasteiger partial charge is 0.489 e. The minimum absolute atomic E-state index is 0.00937. The van der Waals surface area contributed by atoms with Gasteiger partial charge in [-0.2, -0.15) is 8.78 Å². The fourth-order valence-corrected chi connectivity index (χ4v) is 7.88. The van der Waals surface area contributed by atoms with Gasteiger partial charge in [-0.25, -0.2) is 4.90 Å². The summed E-state index contributed by atoms with van der Waals surface area (Å²) in [5.74, 6) is 3.63. The fourth-order valence-electron chi connectivity index (χ4n) is 7.34. The van der Waals surface area contributed by atoms with E-state index in [1.54, 1.807) is 17.0 Å². The Morgan fingerprint density at radius 3 is 2.41 bits per heavy atom. The molecule has 17 heteroatoms. The standard InChI is InChI=1S/C42H39Cl2F2N5O8/c43-30-20-47-21-31(44)38(30)51(40(56)27-11-13-33(59-42(45)46)34(19-27)58-23-25-7-8-25)37(54)6-2-5-36(53)49-17-15-24(16-18-49)9-10-26-3-1-4-28-29(26)22-50(41(28)57)32-12-14-35(52)48-39(32)55/h1,3-4,11,13,19-21,24-25,32,42H,2,5-8,12,14-18,22-23H2,(H,48,52,55). The Morgan fingerprint density at radius 2 is 1.71 bits per heavy atom. The number of likely N-dealkylation sites (tertiary alicyclic amines) is 1. The van der Waals surface area contributed by atoms with Crippen LogP contribution in [0.4, 0.5) is 14.5 Å². The Bertz CT molecular complexity index is 2230. The Hall–Kier alpha value is -5.59. The molecule has 0 spiro atoms. The van der Waals surface area contributed by atoms with Crippen molar-refractivity contribution in [3.63, 3.8) is 0 Å². The summed E-state index contributed by atoms with van der Waals surface area (Å²) >= 11 is 12.8. The molecule has 2 saturated heterocycles. The third-order valence-corrected chi connectivity index (χ3v) is 11.3. The molecule has 308 valence electrons. The number of hydrogen-bond acceptors (Lipinski definition) is 9. The van der Waals surface area contributed by atoms with Crippen LogP contribution in [0, 0.1) is 23.7 Å². The maximum Gasteiger partial charge on any atom is 0.387 e. The van der Waals surface area contributed by atoms with Crippen molar-refractivity contribution in [3.8, 4) is 23.3 Å². The predicted molar refractivity (Wildman–Crippen MR) is 210 cm³/mol. The number of hydrogen-bond donors (Lipinski definition) is 1. The van der Waals surface area contributed by atoms with Crippen molar-refractivity contribution in [2.24, 2.45) is 11.8 Å². The lowest BCUT2D eigenvalue weighted by molar-refractivity contribution is -0.137. The average molecular weight is 851 g/mol. The average Bonchev–Trinajstić information content (AvgIpc) is 3.99. The minimum Gasteiger partial charge on any atom is -0.489 e. The number of carbonyl (C=O) groups excluding carboxylic acids is 6. The Balaban J connectivity index is 0.956. The molecule has 3 aromatic rings. The zero-order chi connectivity index (χ0) is 41.8. The molecular weight excluding hydrogens is 811 g/mol. The number of pyridine rings is 1. The number of piperidine rings is 2. The summed E-state index contributed by atoms with van der Waals surface area (Å²) in [5, 5.41) is 2.15. The van der Waals surface area contributed by atoms with Crippen molar-refractivity contribution in [2.75, 3.05) is 24.6 Å². The van der Waals surface area contributed by atoms with E-state index in [1.165, 1.54) is 35.5 Å². The number of aromatic nitrogens is 1. The minimum atomic E-state index is -3.13. The van der Waals surface area contributed by atoms with E-state index in [9.17, 15) is 37.5 Å². The third-order valence-electron chi connectivity index (χ3n) is 10.7. The van der Waals surface area contributed by atoms with Gasteiger partial charge in [-0.3, -0.25) is 39.1 Å². The van der Waals surface area contributed by atoms with Gasteiger partial charge in [-0.05, 0) is 80.3 Å². The van der Waals surface area contributed by atoms with Crippen molar-refractivity contribution in [3.05, 3.63) is 81.1 Å². The third kappa shape index (κ3) is 9.66. The summed E-state index contributed by atoms with van der Waals surface area (Å²) < 4.78 is 36.6. The quantitative estimate of drug-likeness (QED) is 0.166. The van der Waals surface area contributed by atoms with Crippen molar-refractivity contribution in [2.45, 2.75) is 77.0 Å². The number of rotatable bonds is 12. The number of nitrogens with one attached hydrogen (secondary N) is 1. The Kier molecular flexibility index (Phi) is 12.8. The molecule has 1 atom stereocenters. The molecule has 1 aromatic heterocycles. The van der Waals surface area contributed by atoms with Crippen LogP contribution in [0.3, 0.4) is 0 Å². The number of ether oxygens (including phenoxy) is 2. The molecule has 13 nitrogen and oxygen atoms in total. The second kappa shape index (κ2) is 18.1. The van der Waals surface area contributed by atoms with Crippen LogP contribution in [0.2, 0.25) is 10.0 Å². The molecule has 1 unspecified atom stereocenters. The Labute approximate surface area is 348 Å². The van der Waals surface area contributed by atoms with E-state index in [-0.39, 0.29) is 108 Å². The highest BCUT2D eigenvalue weighted by Crippen LogP contribution is 2.38. The molecule has 7 rings (SSSR count). The number of amides is 6. The molecule has 4 heterocycles. The van der Waals surface area contributed by atoms with Crippen LogP contribution < -0.4 is 19.7 Å². The number of halogens is 4. The van der Waals surface area contributed by atoms with Gasteiger partial charge >= 0.3 is 6.61 Å². The lowest BCUT2D eigenvalue weighted by Gasteiger charge is -2.30. The van der Waals surface area contributed by atoms with Crippen LogP contribution >= 0.6 is 23.2 Å². The number of anilines is 1. The van der Waals surface area contributed by atoms with E-state index < -0.39 is 30.4 Å². The molecule has 6 amide bonds. The maximum absolute atomic E-state index is 14.0. The van der Waals surface area contributed by atoms with Crippen LogP contribution in [-0.4, -0.2) is 82.6 Å². The molecule has 4 aliphatic rings. The molecule has 1 N–H and O–H groups in total. The molecule has 1 saturated carbocycles. The number of imide groups is 2. The zero-order valence-electron chi connectivity index (χ0n) is 31.7. The monoisotopic (exact) mass is 849 g/mol. The number of nitrogens with zero attached hydrogens (tertiary/aromatic N) is 4. The second-order valence-corrected chi connectivity index (χ2v) is 15.6. The van der Waals surface area contributed by atoms with Crippen molar-refractivity contribution < 1.29 is 47.0 Å². The first kappa shape index (κ1) is 41.6. The number of fused-ring (bicyclic) bond motifs is 1. The molecule has 0 bridgehead atoms. The van der Waals surface area contributed by atoms with E-state index in [1.807, 2.05) is 6.07 Å². The van der Waals surface area contributed by atoms with Crippen LogP contribution in [0.25, 0.3) is 0 Å². The van der Waals surface area contributed by atoms with Gasteiger partial charge in [0.2, 0.25) is 23.6 Å². The molecule has 3 fully saturated rings. The van der Waals surface area contributed by atoms with E-state index in [2.05, 4.69) is 26.9 Å². The lowest BCUT2D eigenvalue weighted by atomic mass is 9.95. The van der Waals surface area contributed by atoms with Gasteiger partial charge in [-0.1, -0.05) is 41.1 Å². The number of benzene rings is 2. The first-order valence-electron chi connectivity index (χ1n) is 19.3. The normalized spacial score (nSPS) is 17.9. The number of alkyl halides is 2. The highest BCUT2D eigenvalue weighted by molar-refractivity contribution is 6.41. The summed E-state index contributed by atoms with van der Waals surface area (Å²) in [5.41, 5.74) is 1.73. The van der Waals surface area contributed by atoms with Crippen LogP contribution in [-0.2, 0) is 25.7 Å². The summed E-state index contributed by atoms with van der Waals surface area (Å²) in [4.78, 5) is 86.3. The lowest BCUT2D eigenvalue weighted by Crippen LogP contribution is -2.52. The smallest absolute Gasteiger partial charge is 0.387 e. The highest BCUT2D eigenvalue weighted by Gasteiger charge is 2.40. The van der Waals surface area contributed by atoms with E-state index in [0.29, 0.717) is 37.1 Å². The summed E-state index contributed by atoms with van der Waals surface area (Å²) in [6.07, 6.45) is 5.87. The molecular formula is C42H39Cl2F2N5O8. The Morgan fingerprint density at radius 1 is 0.966 bits per heavy atom. The summed E-state index contributed by atoms with van der Waals surface area (Å²) in [7, 11) is 0. The van der Waals surface area contributed by atoms with Gasteiger partial charge in [0.1, 0.15) is 6.04 Å². The maximum atomic E-state index is 14.0. The van der Waals surface area contributed by atoms with Crippen molar-refractivity contribution in [1.82, 2.24) is 20.1 Å². The summed E-state index contributed by atoms with van der Waals surface area (Å²) in [6.45, 7) is -1.77. The SMILES string of the molecule is O=C1CCC(N2Cc3c(C#CC4CCN(C(=O)CCCC(=O)N(C(=O)c5ccc(OC(F)F)c(OCC6CC6)c5)c5c(Cl)cncc5Cl)CC4)cccc3C2=O)C(=O)N1. The van der Waals surface area contributed by atoms with Gasteiger partial charge in [0.15, 0.2) is 11.5 Å². The van der Waals surface area contributed by atoms with E-state index in [0.717, 1.165) is 23.3 Å². The van der Waals surface area contributed by atoms with Gasteiger partial charge < -0.3 is 19.3 Å². The van der Waals surface area contributed by atoms with Crippen LogP contribution in [0.1, 0.15) is 89.6 Å². The first-order valence-corrected chi connectivity index (χ1v) is 20.1. The first-order chi connectivity index (χ1) is 28.4. The van der Waals surface area contributed by atoms with Crippen LogP contribution in [0.5, 0.6) is 11.5 Å². The fraction of sp³-hybridized carbons (Fsp3) is 0.405. The highest BCUT2D eigenvalue weighted by atomic mass is 35.5. The van der Waals surface area contributed by atoms with Crippen LogP contribution in [0.15, 0.2) is 48.8 Å². The molecule has 2 aromatic carbocycles. The van der Waals surface area contributed by atoms with Crippen molar-refractivity contribution >= 4 is 64.3 Å². The van der Waals surface area contributed by atoms with Gasteiger partial charge in [0.25, 0.3) is 11.8 Å². The zero-order valence-corrected chi connectivity index (χ0v) is 33.2. The van der Waals surface area contributed by atoms with Crippen molar-refractivity contribution in [1.29, 1.82) is 0 Å². The topological polar surface area (TPSA) is 156 Å². The number of carbonyl (C=O) groups is 6. The predicted octanol–water partition coefficient (Wildman–Crippen LogP) is 6.17.